The summed E-state index contributed by atoms with van der Waals surface area (Å²) in [4.78, 5) is 2.66. The SMILES string of the molecule is CC1CCCCCN1CC1(N)C2CCOC2C1(C)C. The smallest absolute Gasteiger partial charge is 0.0691 e. The van der Waals surface area contributed by atoms with E-state index in [9.17, 15) is 0 Å². The van der Waals surface area contributed by atoms with Crippen molar-refractivity contribution in [2.75, 3.05) is 19.7 Å². The van der Waals surface area contributed by atoms with Gasteiger partial charge in [0.2, 0.25) is 0 Å². The van der Waals surface area contributed by atoms with Crippen molar-refractivity contribution in [3.8, 4) is 0 Å². The number of hydrogen-bond acceptors (Lipinski definition) is 3. The first kappa shape index (κ1) is 13.8. The highest BCUT2D eigenvalue weighted by Crippen LogP contribution is 2.58. The molecule has 2 heterocycles. The van der Waals surface area contributed by atoms with E-state index < -0.39 is 0 Å². The lowest BCUT2D eigenvalue weighted by atomic mass is 9.48. The van der Waals surface area contributed by atoms with Crippen molar-refractivity contribution in [3.05, 3.63) is 0 Å². The van der Waals surface area contributed by atoms with Crippen LogP contribution in [0.3, 0.4) is 0 Å². The van der Waals surface area contributed by atoms with Crippen molar-refractivity contribution in [2.45, 2.75) is 70.6 Å². The second kappa shape index (κ2) is 4.71. The van der Waals surface area contributed by atoms with Crippen molar-refractivity contribution >= 4 is 0 Å². The summed E-state index contributed by atoms with van der Waals surface area (Å²) >= 11 is 0. The first-order chi connectivity index (χ1) is 8.97. The fourth-order valence-corrected chi connectivity index (χ4v) is 4.70. The molecule has 1 aliphatic carbocycles. The van der Waals surface area contributed by atoms with Crippen LogP contribution >= 0.6 is 0 Å². The van der Waals surface area contributed by atoms with Gasteiger partial charge in [-0.1, -0.05) is 26.7 Å². The number of ether oxygens (including phenoxy) is 1. The van der Waals surface area contributed by atoms with E-state index in [2.05, 4.69) is 25.7 Å². The van der Waals surface area contributed by atoms with Gasteiger partial charge in [0.1, 0.15) is 0 Å². The van der Waals surface area contributed by atoms with Gasteiger partial charge in [0.25, 0.3) is 0 Å². The van der Waals surface area contributed by atoms with Gasteiger partial charge in [-0.3, -0.25) is 4.90 Å². The number of fused-ring (bicyclic) bond motifs is 1. The molecule has 0 bridgehead atoms. The van der Waals surface area contributed by atoms with Crippen molar-refractivity contribution in [1.82, 2.24) is 4.90 Å². The number of rotatable bonds is 2. The van der Waals surface area contributed by atoms with Gasteiger partial charge in [-0.25, -0.2) is 0 Å². The molecule has 110 valence electrons. The first-order valence-corrected chi connectivity index (χ1v) is 8.11. The fourth-order valence-electron chi connectivity index (χ4n) is 4.70. The number of hydrogen-bond donors (Lipinski definition) is 1. The van der Waals surface area contributed by atoms with Crippen LogP contribution in [0.4, 0.5) is 0 Å². The van der Waals surface area contributed by atoms with Gasteiger partial charge >= 0.3 is 0 Å². The Bertz CT molecular complexity index is 344. The van der Waals surface area contributed by atoms with Gasteiger partial charge < -0.3 is 10.5 Å². The Morgan fingerprint density at radius 1 is 1.21 bits per heavy atom. The van der Waals surface area contributed by atoms with E-state index >= 15 is 0 Å². The molecular formula is C16H30N2O. The van der Waals surface area contributed by atoms with Crippen LogP contribution in [0.2, 0.25) is 0 Å². The van der Waals surface area contributed by atoms with Crippen molar-refractivity contribution in [1.29, 1.82) is 0 Å². The van der Waals surface area contributed by atoms with Crippen LogP contribution in [0.1, 0.15) is 52.9 Å². The zero-order valence-corrected chi connectivity index (χ0v) is 12.8. The summed E-state index contributed by atoms with van der Waals surface area (Å²) in [7, 11) is 0. The highest BCUT2D eigenvalue weighted by Gasteiger charge is 2.67. The van der Waals surface area contributed by atoms with E-state index in [1.54, 1.807) is 0 Å². The van der Waals surface area contributed by atoms with Crippen LogP contribution in [0.15, 0.2) is 0 Å². The second-order valence-corrected chi connectivity index (χ2v) is 7.62. The molecular weight excluding hydrogens is 236 g/mol. The van der Waals surface area contributed by atoms with Crippen molar-refractivity contribution in [3.63, 3.8) is 0 Å². The lowest BCUT2D eigenvalue weighted by molar-refractivity contribution is -0.165. The predicted molar refractivity (Wildman–Crippen MR) is 78.0 cm³/mol. The van der Waals surface area contributed by atoms with Crippen molar-refractivity contribution in [2.24, 2.45) is 17.1 Å². The topological polar surface area (TPSA) is 38.5 Å². The lowest BCUT2D eigenvalue weighted by Crippen LogP contribution is -2.78. The molecule has 0 aromatic heterocycles. The molecule has 19 heavy (non-hydrogen) atoms. The summed E-state index contributed by atoms with van der Waals surface area (Å²) < 4.78 is 5.90. The molecule has 4 unspecified atom stereocenters. The largest absolute Gasteiger partial charge is 0.377 e. The lowest BCUT2D eigenvalue weighted by Gasteiger charge is -2.63. The molecule has 1 saturated carbocycles. The average molecular weight is 266 g/mol. The van der Waals surface area contributed by atoms with Crippen LogP contribution < -0.4 is 5.73 Å². The minimum Gasteiger partial charge on any atom is -0.377 e. The molecule has 0 aromatic rings. The highest BCUT2D eigenvalue weighted by molar-refractivity contribution is 5.21. The van der Waals surface area contributed by atoms with Gasteiger partial charge in [0, 0.05) is 36.1 Å². The molecule has 3 fully saturated rings. The molecule has 3 rings (SSSR count). The molecule has 2 aliphatic heterocycles. The molecule has 0 radical (unpaired) electrons. The van der Waals surface area contributed by atoms with E-state index in [0.29, 0.717) is 18.1 Å². The maximum atomic E-state index is 6.89. The summed E-state index contributed by atoms with van der Waals surface area (Å²) in [5.74, 6) is 0.581. The quantitative estimate of drug-likeness (QED) is 0.834. The summed E-state index contributed by atoms with van der Waals surface area (Å²) in [5.41, 5.74) is 6.96. The van der Waals surface area contributed by atoms with Crippen LogP contribution in [0.5, 0.6) is 0 Å². The minimum absolute atomic E-state index is 0.0488. The van der Waals surface area contributed by atoms with E-state index in [4.69, 9.17) is 10.5 Å². The first-order valence-electron chi connectivity index (χ1n) is 8.11. The third-order valence-corrected chi connectivity index (χ3v) is 6.32. The molecule has 0 spiro atoms. The fraction of sp³-hybridized carbons (Fsp3) is 1.00. The maximum absolute atomic E-state index is 6.89. The van der Waals surface area contributed by atoms with E-state index in [1.165, 1.54) is 32.2 Å². The molecule has 2 N–H and O–H groups in total. The molecule has 0 amide bonds. The van der Waals surface area contributed by atoms with Gasteiger partial charge in [0.15, 0.2) is 0 Å². The number of nitrogens with zero attached hydrogens (tertiary/aromatic N) is 1. The monoisotopic (exact) mass is 266 g/mol. The molecule has 3 heteroatoms. The second-order valence-electron chi connectivity index (χ2n) is 7.62. The van der Waals surface area contributed by atoms with Gasteiger partial charge in [-0.2, -0.15) is 0 Å². The van der Waals surface area contributed by atoms with Crippen LogP contribution in [0, 0.1) is 11.3 Å². The summed E-state index contributed by atoms with van der Waals surface area (Å²) in [5, 5.41) is 0. The van der Waals surface area contributed by atoms with Crippen LogP contribution in [0.25, 0.3) is 0 Å². The zero-order chi connectivity index (χ0) is 13.7. The summed E-state index contributed by atoms with van der Waals surface area (Å²) in [6, 6.07) is 0.695. The molecule has 3 aliphatic rings. The van der Waals surface area contributed by atoms with Gasteiger partial charge in [-0.15, -0.1) is 0 Å². The van der Waals surface area contributed by atoms with Crippen LogP contribution in [-0.2, 0) is 4.74 Å². The molecule has 0 aromatic carbocycles. The Morgan fingerprint density at radius 2 is 2.00 bits per heavy atom. The van der Waals surface area contributed by atoms with Gasteiger partial charge in [-0.05, 0) is 32.7 Å². The molecule has 2 saturated heterocycles. The van der Waals surface area contributed by atoms with E-state index in [-0.39, 0.29) is 11.0 Å². The summed E-state index contributed by atoms with van der Waals surface area (Å²) in [6.45, 7) is 10.2. The Kier molecular flexibility index (Phi) is 3.43. The Balaban J connectivity index is 1.74. The summed E-state index contributed by atoms with van der Waals surface area (Å²) in [6.07, 6.45) is 7.00. The van der Waals surface area contributed by atoms with Crippen molar-refractivity contribution < 1.29 is 4.74 Å². The van der Waals surface area contributed by atoms with E-state index in [1.807, 2.05) is 0 Å². The minimum atomic E-state index is -0.0488. The predicted octanol–water partition coefficient (Wildman–Crippen LogP) is 2.39. The van der Waals surface area contributed by atoms with Gasteiger partial charge in [0.05, 0.1) is 6.10 Å². The Labute approximate surface area is 117 Å². The zero-order valence-electron chi connectivity index (χ0n) is 12.8. The third kappa shape index (κ3) is 1.97. The molecule has 4 atom stereocenters. The molecule has 3 nitrogen and oxygen atoms in total. The Hall–Kier alpha value is -0.120. The Morgan fingerprint density at radius 3 is 2.79 bits per heavy atom. The normalized spacial score (nSPS) is 46.4. The standard InChI is InChI=1S/C16H30N2O/c1-12-7-5-4-6-9-18(12)11-16(17)13-8-10-19-14(13)15(16,2)3/h12-14H,4-11,17H2,1-3H3. The number of nitrogens with two attached hydrogens (primary N) is 1. The highest BCUT2D eigenvalue weighted by atomic mass is 16.5. The third-order valence-electron chi connectivity index (χ3n) is 6.32. The maximum Gasteiger partial charge on any atom is 0.0691 e. The van der Waals surface area contributed by atoms with E-state index in [0.717, 1.165) is 19.6 Å². The number of likely N-dealkylation sites (tertiary alicyclic amines) is 1. The average Bonchev–Trinajstić information content (AvgIpc) is 2.76. The van der Waals surface area contributed by atoms with Crippen LogP contribution in [-0.4, -0.2) is 42.3 Å².